The first kappa shape index (κ1) is 57.6. The van der Waals surface area contributed by atoms with Gasteiger partial charge in [0, 0.05) is 12.2 Å². The number of thioether (sulfide) groups is 2. The Labute approximate surface area is 448 Å². The van der Waals surface area contributed by atoms with Crippen LogP contribution in [0.4, 0.5) is 0 Å². The Bertz CT molecular complexity index is 2580. The maximum atomic E-state index is 13.6. The van der Waals surface area contributed by atoms with Crippen LogP contribution >= 0.6 is 23.5 Å². The van der Waals surface area contributed by atoms with E-state index in [0.29, 0.717) is 114 Å². The van der Waals surface area contributed by atoms with E-state index in [4.69, 9.17) is 37.9 Å². The first-order valence-corrected chi connectivity index (χ1v) is 26.4. The van der Waals surface area contributed by atoms with Gasteiger partial charge in [0.25, 0.3) is 0 Å². The van der Waals surface area contributed by atoms with Crippen molar-refractivity contribution in [2.45, 2.75) is 99.7 Å². The number of hydrogen-bond donors (Lipinski definition) is 0. The second-order valence-electron chi connectivity index (χ2n) is 17.8. The van der Waals surface area contributed by atoms with E-state index in [2.05, 4.69) is 13.2 Å². The number of carbonyl (C=O) groups excluding carboxylic acids is 8. The molecule has 0 aromatic heterocycles. The average Bonchev–Trinajstić information content (AvgIpc) is 3.89. The largest absolute Gasteiger partial charge is 0.465 e. The molecule has 6 rings (SSSR count). The molecule has 0 saturated heterocycles. The number of esters is 8. The SMILES string of the molecule is C=CC(=O)OCCCCOC(=O)Cc1ccc(OC(=O)[C@H]2CC[C@H](C(=O)Oc3ccc(OC(=O)[C@H]4CC[C@H](C(=O)Oc5ccc(CC(=O)OCCCCOC(=O)C=C)cc5)CC4)c4c3SC(=C(C#N)C#N)S4)CC2)cc1. The Morgan fingerprint density at radius 2 is 0.789 bits per heavy atom. The van der Waals surface area contributed by atoms with Crippen LogP contribution in [-0.2, 0) is 70.1 Å². The number of benzene rings is 3. The molecular weight excluding hydrogens is 1020 g/mol. The Kier molecular flexibility index (Phi) is 22.3. The zero-order valence-corrected chi connectivity index (χ0v) is 43.3. The van der Waals surface area contributed by atoms with Crippen molar-refractivity contribution < 1.29 is 76.3 Å². The third kappa shape index (κ3) is 17.5. The van der Waals surface area contributed by atoms with Crippen LogP contribution in [0.3, 0.4) is 0 Å². The minimum Gasteiger partial charge on any atom is -0.465 e. The van der Waals surface area contributed by atoms with Crippen LogP contribution in [0.5, 0.6) is 23.0 Å². The van der Waals surface area contributed by atoms with Crippen LogP contribution in [0, 0.1) is 46.3 Å². The summed E-state index contributed by atoms with van der Waals surface area (Å²) in [6.45, 7) is 7.43. The van der Waals surface area contributed by atoms with Crippen molar-refractivity contribution in [3.8, 4) is 35.1 Å². The van der Waals surface area contributed by atoms with E-state index >= 15 is 0 Å². The Morgan fingerprint density at radius 1 is 0.474 bits per heavy atom. The summed E-state index contributed by atoms with van der Waals surface area (Å²) in [7, 11) is 0. The molecule has 2 saturated carbocycles. The van der Waals surface area contributed by atoms with Gasteiger partial charge in [-0.3, -0.25) is 28.8 Å². The second-order valence-corrected chi connectivity index (χ2v) is 20.1. The maximum Gasteiger partial charge on any atom is 0.330 e. The Balaban J connectivity index is 0.937. The van der Waals surface area contributed by atoms with E-state index in [1.54, 1.807) is 48.5 Å². The molecule has 0 spiro atoms. The van der Waals surface area contributed by atoms with Crippen LogP contribution in [0.2, 0.25) is 0 Å². The fourth-order valence-corrected chi connectivity index (χ4v) is 10.7. The minimum absolute atomic E-state index is 0.0233. The van der Waals surface area contributed by atoms with Gasteiger partial charge in [-0.25, -0.2) is 9.59 Å². The van der Waals surface area contributed by atoms with Gasteiger partial charge in [-0.2, -0.15) is 10.5 Å². The van der Waals surface area contributed by atoms with Gasteiger partial charge in [0.1, 0.15) is 40.7 Å². The van der Waals surface area contributed by atoms with Crippen molar-refractivity contribution in [3.63, 3.8) is 0 Å². The summed E-state index contributed by atoms with van der Waals surface area (Å²) in [6, 6.07) is 19.8. The molecule has 0 unspecified atom stereocenters. The van der Waals surface area contributed by atoms with E-state index in [1.807, 2.05) is 12.1 Å². The summed E-state index contributed by atoms with van der Waals surface area (Å²) in [5, 5.41) is 19.3. The highest BCUT2D eigenvalue weighted by molar-refractivity contribution is 8.24. The monoisotopic (exact) mass is 1080 g/mol. The molecule has 0 N–H and O–H groups in total. The lowest BCUT2D eigenvalue weighted by molar-refractivity contribution is -0.145. The van der Waals surface area contributed by atoms with Gasteiger partial charge >= 0.3 is 47.8 Å². The van der Waals surface area contributed by atoms with Gasteiger partial charge < -0.3 is 37.9 Å². The third-order valence-corrected chi connectivity index (χ3v) is 15.1. The highest BCUT2D eigenvalue weighted by atomic mass is 32.2. The lowest BCUT2D eigenvalue weighted by atomic mass is 9.82. The number of allylic oxidation sites excluding steroid dienone is 1. The number of ether oxygens (including phenoxy) is 8. The summed E-state index contributed by atoms with van der Waals surface area (Å²) in [4.78, 5) is 101. The van der Waals surface area contributed by atoms with E-state index in [-0.39, 0.29) is 56.3 Å². The fourth-order valence-electron chi connectivity index (χ4n) is 8.25. The molecule has 18 nitrogen and oxygen atoms in total. The quantitative estimate of drug-likeness (QED) is 0.0202. The van der Waals surface area contributed by atoms with E-state index in [0.717, 1.165) is 35.7 Å². The van der Waals surface area contributed by atoms with Crippen LogP contribution in [0.15, 0.2) is 106 Å². The minimum atomic E-state index is -0.531. The number of hydrogen-bond acceptors (Lipinski definition) is 20. The zero-order chi connectivity index (χ0) is 54.4. The van der Waals surface area contributed by atoms with Gasteiger partial charge in [0.2, 0.25) is 0 Å². The van der Waals surface area contributed by atoms with Gasteiger partial charge in [0.15, 0.2) is 0 Å². The third-order valence-electron chi connectivity index (χ3n) is 12.5. The molecule has 3 aliphatic rings. The van der Waals surface area contributed by atoms with Crippen molar-refractivity contribution in [2.24, 2.45) is 23.7 Å². The van der Waals surface area contributed by atoms with E-state index < -0.39 is 71.4 Å². The van der Waals surface area contributed by atoms with Gasteiger partial charge in [0.05, 0.1) is 77.0 Å². The van der Waals surface area contributed by atoms with Crippen LogP contribution in [0.1, 0.15) is 88.2 Å². The van der Waals surface area contributed by atoms with Crippen molar-refractivity contribution in [1.29, 1.82) is 10.5 Å². The van der Waals surface area contributed by atoms with Gasteiger partial charge in [-0.1, -0.05) is 60.9 Å². The zero-order valence-electron chi connectivity index (χ0n) is 41.6. The smallest absolute Gasteiger partial charge is 0.330 e. The molecule has 0 amide bonds. The predicted molar refractivity (Wildman–Crippen MR) is 273 cm³/mol. The lowest BCUT2D eigenvalue weighted by Crippen LogP contribution is -2.30. The van der Waals surface area contributed by atoms with E-state index in [9.17, 15) is 48.9 Å². The number of unbranched alkanes of at least 4 members (excludes halogenated alkanes) is 2. The van der Waals surface area contributed by atoms with Gasteiger partial charge in [-0.15, -0.1) is 0 Å². The summed E-state index contributed by atoms with van der Waals surface area (Å²) >= 11 is 2.12. The molecule has 20 heteroatoms. The summed E-state index contributed by atoms with van der Waals surface area (Å²) < 4.78 is 43.7. The first-order chi connectivity index (χ1) is 36.8. The summed E-state index contributed by atoms with van der Waals surface area (Å²) in [6.07, 6.45) is 7.25. The molecule has 0 radical (unpaired) electrons. The molecule has 1 heterocycles. The molecule has 0 bridgehead atoms. The topological polar surface area (TPSA) is 258 Å². The van der Waals surface area contributed by atoms with Crippen molar-refractivity contribution in [2.75, 3.05) is 26.4 Å². The van der Waals surface area contributed by atoms with Crippen molar-refractivity contribution >= 4 is 71.3 Å². The highest BCUT2D eigenvalue weighted by Crippen LogP contribution is 2.59. The average molecular weight is 1080 g/mol. The molecule has 398 valence electrons. The first-order valence-electron chi connectivity index (χ1n) is 24.8. The van der Waals surface area contributed by atoms with E-state index in [1.165, 1.54) is 12.1 Å². The van der Waals surface area contributed by atoms with Crippen LogP contribution < -0.4 is 18.9 Å². The summed E-state index contributed by atoms with van der Waals surface area (Å²) in [5.74, 6) is -4.83. The molecule has 1 aliphatic heterocycles. The second kappa shape index (κ2) is 29.4. The number of nitriles is 2. The normalized spacial score (nSPS) is 17.4. The molecule has 2 aliphatic carbocycles. The van der Waals surface area contributed by atoms with Gasteiger partial charge in [-0.05, 0) is 125 Å². The summed E-state index contributed by atoms with van der Waals surface area (Å²) in [5.41, 5.74) is 1.17. The molecule has 0 atom stereocenters. The number of fused-ring (bicyclic) bond motifs is 1. The highest BCUT2D eigenvalue weighted by Gasteiger charge is 2.37. The molecular formula is C56H56N2O16S2. The molecule has 2 fully saturated rings. The van der Waals surface area contributed by atoms with Crippen LogP contribution in [0.25, 0.3) is 0 Å². The number of carbonyl (C=O) groups is 8. The van der Waals surface area contributed by atoms with Crippen LogP contribution in [-0.4, -0.2) is 74.2 Å². The molecule has 76 heavy (non-hydrogen) atoms. The molecule has 3 aromatic carbocycles. The Morgan fingerprint density at radius 3 is 1.11 bits per heavy atom. The standard InChI is InChI=1S/C56H56N2O16S2/c1-3-46(59)67-27-5-7-29-69-48(61)31-35-9-21-42(22-10-35)71-52(63)37-13-17-39(18-14-37)54(65)73-44-25-26-45(51-50(44)75-56(76-51)41(33-57)34-58)74-55(66)40-19-15-38(16-20-40)53(64)72-43-23-11-36(12-24-43)32-49(62)70-30-8-6-28-68-47(60)4-2/h3-4,9-12,21-26,37-40H,1-2,5-8,13-20,27-32H2/t37-,38-,39-,40-. The number of nitrogens with zero attached hydrogens (tertiary/aromatic N) is 2. The van der Waals surface area contributed by atoms with Crippen molar-refractivity contribution in [1.82, 2.24) is 0 Å². The predicted octanol–water partition coefficient (Wildman–Crippen LogP) is 8.97. The lowest BCUT2D eigenvalue weighted by Gasteiger charge is -2.26. The fraction of sp³-hybridized carbons (Fsp3) is 0.393. The Hall–Kier alpha value is -7.68. The maximum absolute atomic E-state index is 13.6. The molecule has 3 aromatic rings. The van der Waals surface area contributed by atoms with Crippen molar-refractivity contribution in [3.05, 3.63) is 107 Å². The number of rotatable bonds is 24.